The number of carbonyl (C=O) groups is 2. The summed E-state index contributed by atoms with van der Waals surface area (Å²) in [5.41, 5.74) is 3.16. The van der Waals surface area contributed by atoms with Crippen LogP contribution in [-0.2, 0) is 34.4 Å². The van der Waals surface area contributed by atoms with E-state index in [-0.39, 0.29) is 18.2 Å². The lowest BCUT2D eigenvalue weighted by Gasteiger charge is -2.26. The van der Waals surface area contributed by atoms with Gasteiger partial charge in [0.25, 0.3) is 5.91 Å². The Labute approximate surface area is 196 Å². The maximum atomic E-state index is 13.2. The van der Waals surface area contributed by atoms with Gasteiger partial charge in [0.15, 0.2) is 0 Å². The summed E-state index contributed by atoms with van der Waals surface area (Å²) in [4.78, 5) is 27.2. The Balaban J connectivity index is 1.79. The van der Waals surface area contributed by atoms with Crippen LogP contribution in [0, 0.1) is 0 Å². The molecule has 1 aromatic heterocycles. The van der Waals surface area contributed by atoms with Crippen LogP contribution in [0.5, 0.6) is 0 Å². The molecule has 7 nitrogen and oxygen atoms in total. The van der Waals surface area contributed by atoms with Crippen molar-refractivity contribution in [2.24, 2.45) is 7.05 Å². The summed E-state index contributed by atoms with van der Waals surface area (Å²) >= 11 is 0. The lowest BCUT2D eigenvalue weighted by atomic mass is 10.0. The normalized spacial score (nSPS) is 12.8. The highest BCUT2D eigenvalue weighted by Gasteiger charge is 2.23. The van der Waals surface area contributed by atoms with Gasteiger partial charge in [-0.05, 0) is 64.6 Å². The average molecular weight is 469 g/mol. The largest absolute Gasteiger partial charge is 0.380 e. The molecule has 2 aromatic carbocycles. The summed E-state index contributed by atoms with van der Waals surface area (Å²) in [5, 5.41) is 9.93. The molecule has 3 rings (SSSR count). The van der Waals surface area contributed by atoms with Gasteiger partial charge >= 0.3 is 0 Å². The topological polar surface area (TPSA) is 85.2 Å². The number of aromatic nitrogens is 2. The highest BCUT2D eigenvalue weighted by molar-refractivity contribution is 8.32. The van der Waals surface area contributed by atoms with Gasteiger partial charge in [0, 0.05) is 26.0 Å². The Morgan fingerprint density at radius 1 is 1.03 bits per heavy atom. The first kappa shape index (κ1) is 24.5. The van der Waals surface area contributed by atoms with Gasteiger partial charge in [0.05, 0.1) is 19.2 Å². The Bertz CT molecular complexity index is 1090. The predicted octanol–water partition coefficient (Wildman–Crippen LogP) is 3.66. The third kappa shape index (κ3) is 6.94. The van der Waals surface area contributed by atoms with Crippen LogP contribution in [0.3, 0.4) is 0 Å². The first-order valence-corrected chi connectivity index (χ1v) is 13.5. The molecule has 0 saturated heterocycles. The lowest BCUT2D eigenvalue weighted by Crippen LogP contribution is -2.37. The monoisotopic (exact) mass is 468 g/mol. The Morgan fingerprint density at radius 2 is 1.70 bits per heavy atom. The molecule has 1 heterocycles. The second kappa shape index (κ2) is 10.7. The van der Waals surface area contributed by atoms with E-state index in [9.17, 15) is 9.59 Å². The Hall–Kier alpha value is -3.10. The van der Waals surface area contributed by atoms with Gasteiger partial charge in [0.1, 0.15) is 6.04 Å². The number of hydrogen-bond acceptors (Lipinski definition) is 4. The number of methoxy groups -OCH3 is 1. The van der Waals surface area contributed by atoms with Crippen molar-refractivity contribution < 1.29 is 14.3 Å². The molecular weight excluding hydrogens is 436 g/mol. The molecule has 3 aromatic rings. The number of carbonyl (C=O) groups excluding carboxylic acids is 2. The van der Waals surface area contributed by atoms with Crippen molar-refractivity contribution >= 4 is 27.5 Å². The van der Waals surface area contributed by atoms with Crippen molar-refractivity contribution in [3.05, 3.63) is 77.6 Å². The maximum absolute atomic E-state index is 13.2. The highest BCUT2D eigenvalue weighted by Crippen LogP contribution is 2.45. The SMILES string of the molecule is COCc1ccc(C(NC(=O)Cc2cnn(C)c2)C(=O)Nc2ccc(S(C)(C)C)cc2)cc1. The van der Waals surface area contributed by atoms with Gasteiger partial charge in [0.2, 0.25) is 5.91 Å². The van der Waals surface area contributed by atoms with Crippen molar-refractivity contribution in [2.75, 3.05) is 31.2 Å². The predicted molar refractivity (Wildman–Crippen MR) is 134 cm³/mol. The zero-order valence-electron chi connectivity index (χ0n) is 19.8. The van der Waals surface area contributed by atoms with Crippen LogP contribution in [-0.4, -0.2) is 47.5 Å². The summed E-state index contributed by atoms with van der Waals surface area (Å²) in [6.45, 7) is 0.479. The molecular formula is C25H32N4O3S. The van der Waals surface area contributed by atoms with Gasteiger partial charge in [-0.3, -0.25) is 14.3 Å². The summed E-state index contributed by atoms with van der Waals surface area (Å²) in [6.07, 6.45) is 10.2. The number of benzene rings is 2. The minimum absolute atomic E-state index is 0.141. The van der Waals surface area contributed by atoms with E-state index >= 15 is 0 Å². The summed E-state index contributed by atoms with van der Waals surface area (Å²) in [6, 6.07) is 14.5. The molecule has 1 unspecified atom stereocenters. The molecule has 176 valence electrons. The fraction of sp³-hybridized carbons (Fsp3) is 0.320. The molecule has 8 heteroatoms. The smallest absolute Gasteiger partial charge is 0.251 e. The van der Waals surface area contributed by atoms with Gasteiger partial charge in [-0.2, -0.15) is 5.10 Å². The Morgan fingerprint density at radius 3 is 2.24 bits per heavy atom. The first-order chi connectivity index (χ1) is 15.7. The molecule has 0 spiro atoms. The van der Waals surface area contributed by atoms with Crippen molar-refractivity contribution in [1.29, 1.82) is 0 Å². The van der Waals surface area contributed by atoms with Crippen molar-refractivity contribution in [3.63, 3.8) is 0 Å². The van der Waals surface area contributed by atoms with E-state index < -0.39 is 16.1 Å². The fourth-order valence-electron chi connectivity index (χ4n) is 3.39. The van der Waals surface area contributed by atoms with Crippen LogP contribution in [0.2, 0.25) is 0 Å². The van der Waals surface area contributed by atoms with Gasteiger partial charge in [-0.1, -0.05) is 24.3 Å². The molecule has 0 radical (unpaired) electrons. The van der Waals surface area contributed by atoms with Crippen LogP contribution in [0.15, 0.2) is 65.8 Å². The average Bonchev–Trinajstić information content (AvgIpc) is 3.17. The Kier molecular flexibility index (Phi) is 7.94. The molecule has 0 aliphatic carbocycles. The van der Waals surface area contributed by atoms with E-state index in [2.05, 4.69) is 34.5 Å². The summed E-state index contributed by atoms with van der Waals surface area (Å²) < 4.78 is 6.81. The molecule has 0 fully saturated rings. The van der Waals surface area contributed by atoms with Crippen LogP contribution in [0.25, 0.3) is 0 Å². The zero-order chi connectivity index (χ0) is 24.0. The van der Waals surface area contributed by atoms with E-state index in [4.69, 9.17) is 4.74 Å². The van der Waals surface area contributed by atoms with Crippen LogP contribution in [0.4, 0.5) is 5.69 Å². The van der Waals surface area contributed by atoms with E-state index in [0.717, 1.165) is 11.1 Å². The molecule has 2 amide bonds. The van der Waals surface area contributed by atoms with E-state index in [0.29, 0.717) is 17.9 Å². The number of ether oxygens (including phenoxy) is 1. The quantitative estimate of drug-likeness (QED) is 0.502. The number of nitrogens with zero attached hydrogens (tertiary/aromatic N) is 2. The van der Waals surface area contributed by atoms with Gasteiger partial charge in [-0.25, -0.2) is 10.0 Å². The minimum Gasteiger partial charge on any atom is -0.380 e. The summed E-state index contributed by atoms with van der Waals surface area (Å²) in [5.74, 6) is -0.555. The first-order valence-electron chi connectivity index (χ1n) is 10.6. The highest BCUT2D eigenvalue weighted by atomic mass is 32.3. The lowest BCUT2D eigenvalue weighted by molar-refractivity contribution is -0.126. The third-order valence-corrected chi connectivity index (χ3v) is 6.83. The molecule has 0 aliphatic rings. The maximum Gasteiger partial charge on any atom is 0.251 e. The minimum atomic E-state index is -0.847. The van der Waals surface area contributed by atoms with Crippen LogP contribution < -0.4 is 10.6 Å². The third-order valence-electron chi connectivity index (χ3n) is 5.14. The number of nitrogens with one attached hydrogen (secondary N) is 2. The molecule has 1 atom stereocenters. The second-order valence-electron chi connectivity index (χ2n) is 8.72. The second-order valence-corrected chi connectivity index (χ2v) is 12.9. The van der Waals surface area contributed by atoms with Crippen LogP contribution >= 0.6 is 10.0 Å². The summed E-state index contributed by atoms with van der Waals surface area (Å²) in [7, 11) is 2.58. The number of amides is 2. The number of rotatable bonds is 9. The van der Waals surface area contributed by atoms with Gasteiger partial charge < -0.3 is 15.4 Å². The number of anilines is 1. The van der Waals surface area contributed by atoms with Crippen molar-refractivity contribution in [3.8, 4) is 0 Å². The molecule has 33 heavy (non-hydrogen) atoms. The zero-order valence-corrected chi connectivity index (χ0v) is 20.6. The molecule has 0 saturated carbocycles. The van der Waals surface area contributed by atoms with Crippen molar-refractivity contribution in [2.45, 2.75) is 24.0 Å². The number of aryl methyl sites for hydroxylation is 1. The number of hydrogen-bond donors (Lipinski definition) is 2. The van der Waals surface area contributed by atoms with E-state index in [1.54, 1.807) is 31.2 Å². The standard InChI is InChI=1S/C25H32N4O3S/c1-29-16-19(15-26-29)14-23(30)28-24(20-8-6-18(7-9-20)17-32-2)25(31)27-21-10-12-22(13-11-21)33(3,4)5/h6-13,15-16,24H,14,17H2,1-5H3,(H,27,31)(H,28,30). The fourth-order valence-corrected chi connectivity index (χ4v) is 4.35. The van der Waals surface area contributed by atoms with E-state index in [1.807, 2.05) is 48.5 Å². The molecule has 0 bridgehead atoms. The van der Waals surface area contributed by atoms with Crippen LogP contribution in [0.1, 0.15) is 22.7 Å². The molecule has 0 aliphatic heterocycles. The van der Waals surface area contributed by atoms with E-state index in [1.165, 1.54) is 4.90 Å². The van der Waals surface area contributed by atoms with Gasteiger partial charge in [-0.15, -0.1) is 0 Å². The van der Waals surface area contributed by atoms with Crippen molar-refractivity contribution in [1.82, 2.24) is 15.1 Å². The molecule has 2 N–H and O–H groups in total.